The van der Waals surface area contributed by atoms with E-state index in [-0.39, 0.29) is 5.82 Å². The average molecular weight is 235 g/mol. The third-order valence-corrected chi connectivity index (χ3v) is 3.15. The highest BCUT2D eigenvalue weighted by atomic mass is 19.1. The van der Waals surface area contributed by atoms with Crippen molar-refractivity contribution in [2.75, 3.05) is 33.2 Å². The lowest BCUT2D eigenvalue weighted by Gasteiger charge is -2.34. The maximum Gasteiger partial charge on any atom is 0.123 e. The molecular weight excluding hydrogens is 217 g/mol. The summed E-state index contributed by atoms with van der Waals surface area (Å²) >= 11 is 0. The smallest absolute Gasteiger partial charge is 0.123 e. The van der Waals surface area contributed by atoms with Crippen molar-refractivity contribution in [2.24, 2.45) is 0 Å². The molecule has 0 amide bonds. The lowest BCUT2D eigenvalue weighted by atomic mass is 10.1. The minimum atomic E-state index is -0.228. The van der Waals surface area contributed by atoms with Gasteiger partial charge in [0.15, 0.2) is 0 Å². The molecular formula is C13H18FN3. The monoisotopic (exact) mass is 235 g/mol. The van der Waals surface area contributed by atoms with E-state index in [1.165, 1.54) is 12.1 Å². The van der Waals surface area contributed by atoms with Crippen LogP contribution >= 0.6 is 0 Å². The maximum atomic E-state index is 13.0. The number of piperazine rings is 1. The summed E-state index contributed by atoms with van der Waals surface area (Å²) in [4.78, 5) is 4.33. The third kappa shape index (κ3) is 3.27. The van der Waals surface area contributed by atoms with Gasteiger partial charge >= 0.3 is 0 Å². The van der Waals surface area contributed by atoms with Gasteiger partial charge in [0.25, 0.3) is 0 Å². The van der Waals surface area contributed by atoms with Crippen molar-refractivity contribution in [3.8, 4) is 0 Å². The molecule has 1 aliphatic rings. The zero-order valence-electron chi connectivity index (χ0n) is 10.1. The molecule has 1 aromatic rings. The van der Waals surface area contributed by atoms with Crippen molar-refractivity contribution in [2.45, 2.75) is 6.42 Å². The van der Waals surface area contributed by atoms with Crippen molar-refractivity contribution in [3.63, 3.8) is 0 Å². The van der Waals surface area contributed by atoms with Gasteiger partial charge in [-0.1, -0.05) is 12.1 Å². The van der Waals surface area contributed by atoms with Gasteiger partial charge in [0.1, 0.15) is 11.7 Å². The van der Waals surface area contributed by atoms with Crippen molar-refractivity contribution in [1.29, 1.82) is 5.41 Å². The first kappa shape index (κ1) is 12.0. The summed E-state index contributed by atoms with van der Waals surface area (Å²) in [6.07, 6.45) is 0.515. The summed E-state index contributed by atoms with van der Waals surface area (Å²) < 4.78 is 13.0. The molecule has 0 spiro atoms. The Morgan fingerprint density at radius 3 is 2.65 bits per heavy atom. The van der Waals surface area contributed by atoms with Crippen LogP contribution in [0.15, 0.2) is 24.3 Å². The molecule has 1 aliphatic heterocycles. The van der Waals surface area contributed by atoms with Gasteiger partial charge in [0, 0.05) is 32.6 Å². The second kappa shape index (κ2) is 5.27. The predicted octanol–water partition coefficient (Wildman–Crippen LogP) is 1.59. The first-order chi connectivity index (χ1) is 8.15. The first-order valence-corrected chi connectivity index (χ1v) is 5.90. The number of nitrogens with one attached hydrogen (secondary N) is 1. The van der Waals surface area contributed by atoms with E-state index in [0.29, 0.717) is 12.3 Å². The summed E-state index contributed by atoms with van der Waals surface area (Å²) in [5, 5.41) is 8.04. The van der Waals surface area contributed by atoms with Crippen LogP contribution in [-0.2, 0) is 6.42 Å². The molecule has 1 aromatic carbocycles. The van der Waals surface area contributed by atoms with E-state index in [4.69, 9.17) is 5.41 Å². The predicted molar refractivity (Wildman–Crippen MR) is 66.9 cm³/mol. The Morgan fingerprint density at radius 1 is 1.29 bits per heavy atom. The second-order valence-corrected chi connectivity index (χ2v) is 4.54. The fourth-order valence-electron chi connectivity index (χ4n) is 2.03. The summed E-state index contributed by atoms with van der Waals surface area (Å²) in [7, 11) is 2.09. The van der Waals surface area contributed by atoms with Crippen LogP contribution in [0, 0.1) is 11.2 Å². The van der Waals surface area contributed by atoms with Crippen LogP contribution in [0.1, 0.15) is 5.56 Å². The molecule has 1 fully saturated rings. The SMILES string of the molecule is CN1CCN(C(=N)Cc2cccc(F)c2)CC1. The standard InChI is InChI=1S/C13H18FN3/c1-16-5-7-17(8-6-16)13(15)10-11-3-2-4-12(14)9-11/h2-4,9,15H,5-8,10H2,1H3. The van der Waals surface area contributed by atoms with E-state index in [1.54, 1.807) is 6.07 Å². The highest BCUT2D eigenvalue weighted by Crippen LogP contribution is 2.08. The molecule has 0 bridgehead atoms. The first-order valence-electron chi connectivity index (χ1n) is 5.90. The van der Waals surface area contributed by atoms with E-state index in [2.05, 4.69) is 16.8 Å². The second-order valence-electron chi connectivity index (χ2n) is 4.54. The van der Waals surface area contributed by atoms with Crippen LogP contribution in [0.4, 0.5) is 4.39 Å². The van der Waals surface area contributed by atoms with Crippen molar-refractivity contribution in [3.05, 3.63) is 35.6 Å². The zero-order chi connectivity index (χ0) is 12.3. The molecule has 0 aliphatic carbocycles. The number of hydrogen-bond acceptors (Lipinski definition) is 2. The molecule has 3 nitrogen and oxygen atoms in total. The molecule has 4 heteroatoms. The van der Waals surface area contributed by atoms with E-state index in [0.717, 1.165) is 31.7 Å². The molecule has 0 atom stereocenters. The lowest BCUT2D eigenvalue weighted by Crippen LogP contribution is -2.47. The molecule has 1 saturated heterocycles. The quantitative estimate of drug-likeness (QED) is 0.623. The lowest BCUT2D eigenvalue weighted by molar-refractivity contribution is 0.213. The number of hydrogen-bond donors (Lipinski definition) is 1. The van der Waals surface area contributed by atoms with Gasteiger partial charge in [-0.05, 0) is 24.7 Å². The van der Waals surface area contributed by atoms with Gasteiger partial charge in [-0.25, -0.2) is 4.39 Å². The fraction of sp³-hybridized carbons (Fsp3) is 0.462. The third-order valence-electron chi connectivity index (χ3n) is 3.15. The Kier molecular flexibility index (Phi) is 3.74. The van der Waals surface area contributed by atoms with Gasteiger partial charge in [0.2, 0.25) is 0 Å². The average Bonchev–Trinajstić information content (AvgIpc) is 2.29. The van der Waals surface area contributed by atoms with Crippen molar-refractivity contribution in [1.82, 2.24) is 9.80 Å². The molecule has 0 saturated carbocycles. The molecule has 1 N–H and O–H groups in total. The van der Waals surface area contributed by atoms with Gasteiger partial charge in [-0.3, -0.25) is 5.41 Å². The summed E-state index contributed by atoms with van der Waals surface area (Å²) in [6, 6.07) is 6.50. The Bertz CT molecular complexity index is 397. The van der Waals surface area contributed by atoms with Crippen LogP contribution in [-0.4, -0.2) is 48.9 Å². The van der Waals surface area contributed by atoms with E-state index in [1.807, 2.05) is 6.07 Å². The number of nitrogens with zero attached hydrogens (tertiary/aromatic N) is 2. The van der Waals surface area contributed by atoms with Crippen LogP contribution in [0.5, 0.6) is 0 Å². The number of amidine groups is 1. The largest absolute Gasteiger partial charge is 0.358 e. The van der Waals surface area contributed by atoms with E-state index in [9.17, 15) is 4.39 Å². The van der Waals surface area contributed by atoms with Crippen LogP contribution in [0.25, 0.3) is 0 Å². The molecule has 0 unspecified atom stereocenters. The summed E-state index contributed by atoms with van der Waals surface area (Å²) in [5.74, 6) is 0.359. The minimum absolute atomic E-state index is 0.228. The van der Waals surface area contributed by atoms with E-state index < -0.39 is 0 Å². The van der Waals surface area contributed by atoms with Gasteiger partial charge in [-0.2, -0.15) is 0 Å². The molecule has 17 heavy (non-hydrogen) atoms. The highest BCUT2D eigenvalue weighted by molar-refractivity contribution is 5.81. The Balaban J connectivity index is 1.93. The Hall–Kier alpha value is -1.42. The molecule has 0 radical (unpaired) electrons. The number of rotatable bonds is 2. The van der Waals surface area contributed by atoms with Gasteiger partial charge < -0.3 is 9.80 Å². The highest BCUT2D eigenvalue weighted by Gasteiger charge is 2.16. The molecule has 92 valence electrons. The van der Waals surface area contributed by atoms with Gasteiger partial charge in [-0.15, -0.1) is 0 Å². The molecule has 1 heterocycles. The maximum absolute atomic E-state index is 13.0. The van der Waals surface area contributed by atoms with Crippen molar-refractivity contribution >= 4 is 5.84 Å². The molecule has 2 rings (SSSR count). The van der Waals surface area contributed by atoms with Gasteiger partial charge in [0.05, 0.1) is 0 Å². The number of likely N-dealkylation sites (N-methyl/N-ethyl adjacent to an activating group) is 1. The summed E-state index contributed by atoms with van der Waals surface area (Å²) in [5.41, 5.74) is 0.869. The van der Waals surface area contributed by atoms with Crippen molar-refractivity contribution < 1.29 is 4.39 Å². The zero-order valence-corrected chi connectivity index (χ0v) is 10.1. The summed E-state index contributed by atoms with van der Waals surface area (Å²) in [6.45, 7) is 3.77. The number of benzene rings is 1. The Labute approximate surface area is 101 Å². The van der Waals surface area contributed by atoms with E-state index >= 15 is 0 Å². The fourth-order valence-corrected chi connectivity index (χ4v) is 2.03. The van der Waals surface area contributed by atoms with Crippen LogP contribution in [0.2, 0.25) is 0 Å². The van der Waals surface area contributed by atoms with Crippen LogP contribution in [0.3, 0.4) is 0 Å². The normalized spacial score (nSPS) is 17.2. The molecule has 0 aromatic heterocycles. The topological polar surface area (TPSA) is 30.3 Å². The minimum Gasteiger partial charge on any atom is -0.358 e. The Morgan fingerprint density at radius 2 is 2.00 bits per heavy atom. The van der Waals surface area contributed by atoms with Crippen LogP contribution < -0.4 is 0 Å². The number of halogens is 1.